The molecule has 0 aliphatic rings. The molecule has 2 heterocycles. The molecule has 4 nitrogen and oxygen atoms in total. The molecule has 18 aromatic rings. The summed E-state index contributed by atoms with van der Waals surface area (Å²) in [4.78, 5) is 4.45. The fraction of sp³-hybridized carbons (Fsp3) is 0.0204. The molecule has 2 aromatic heterocycles. The summed E-state index contributed by atoms with van der Waals surface area (Å²) in [5.74, 6) is 0. The van der Waals surface area contributed by atoms with Gasteiger partial charge in [0.05, 0.1) is 22.1 Å². The van der Waals surface area contributed by atoms with Gasteiger partial charge in [-0.05, 0) is 222 Å². The van der Waals surface area contributed by atoms with Crippen LogP contribution in [-0.4, -0.2) is 23.2 Å². The van der Waals surface area contributed by atoms with Gasteiger partial charge in [0.25, 0.3) is 0 Å². The van der Waals surface area contributed by atoms with E-state index in [1.54, 1.807) is 0 Å². The molecule has 16 aromatic carbocycles. The molecule has 102 heavy (non-hydrogen) atoms. The number of hydrogen-bond donors (Lipinski definition) is 0. The predicted molar refractivity (Wildman–Crippen MR) is 434 cm³/mol. The molecule has 4 heteroatoms. The van der Waals surface area contributed by atoms with E-state index in [1.165, 1.54) is 133 Å². The molecule has 0 amide bonds. The molecule has 0 aliphatic heterocycles. The molecule has 0 unspecified atom stereocenters. The van der Waals surface area contributed by atoms with E-state index in [2.05, 4.69) is 433 Å². The topological polar surface area (TPSA) is 16.3 Å². The quantitative estimate of drug-likeness (QED) is 0.108. The Bertz CT molecular complexity index is 5670. The second-order valence-corrected chi connectivity index (χ2v) is 26.2. The highest BCUT2D eigenvalue weighted by Gasteiger charge is 2.19. The van der Waals surface area contributed by atoms with E-state index in [0.717, 1.165) is 34.1 Å². The lowest BCUT2D eigenvalue weighted by molar-refractivity contribution is 1.16. The van der Waals surface area contributed by atoms with Gasteiger partial charge in [0.1, 0.15) is 0 Å². The maximum atomic E-state index is 2.41. The van der Waals surface area contributed by atoms with Gasteiger partial charge in [-0.3, -0.25) is 0 Å². The monoisotopic (exact) mass is 1300 g/mol. The van der Waals surface area contributed by atoms with E-state index >= 15 is 0 Å². The van der Waals surface area contributed by atoms with Crippen LogP contribution in [0.4, 0.5) is 22.7 Å². The van der Waals surface area contributed by atoms with Crippen LogP contribution in [0, 0.1) is 0 Å². The maximum Gasteiger partial charge on any atom is 0.0541 e. The third-order valence-electron chi connectivity index (χ3n) is 20.1. The summed E-state index contributed by atoms with van der Waals surface area (Å²) in [5, 5.41) is 4.95. The number of para-hydroxylation sites is 2. The van der Waals surface area contributed by atoms with Crippen molar-refractivity contribution in [3.63, 3.8) is 0 Å². The first-order valence-electron chi connectivity index (χ1n) is 35.0. The molecular weight excluding hydrogens is 1230 g/mol. The fourth-order valence-corrected chi connectivity index (χ4v) is 14.6. The van der Waals surface area contributed by atoms with Gasteiger partial charge in [-0.1, -0.05) is 267 Å². The Morgan fingerprint density at radius 3 is 0.627 bits per heavy atom. The van der Waals surface area contributed by atoms with Crippen LogP contribution < -0.4 is 9.80 Å². The summed E-state index contributed by atoms with van der Waals surface area (Å²) in [5.41, 5.74) is 31.1. The lowest BCUT2D eigenvalue weighted by Gasteiger charge is -2.20. The minimum atomic E-state index is 1.14. The van der Waals surface area contributed by atoms with Crippen molar-refractivity contribution in [2.75, 3.05) is 23.9 Å². The Morgan fingerprint density at radius 2 is 0.343 bits per heavy atom. The van der Waals surface area contributed by atoms with Gasteiger partial charge in [-0.2, -0.15) is 0 Å². The molecule has 0 aliphatic carbocycles. The van der Waals surface area contributed by atoms with Gasteiger partial charge in [0.15, 0.2) is 0 Å². The van der Waals surface area contributed by atoms with Gasteiger partial charge in [0, 0.05) is 69.8 Å². The Hall–Kier alpha value is -13.3. The van der Waals surface area contributed by atoms with E-state index in [9.17, 15) is 0 Å². The van der Waals surface area contributed by atoms with Crippen molar-refractivity contribution >= 4 is 66.4 Å². The van der Waals surface area contributed by atoms with E-state index in [1.807, 2.05) is 0 Å². The first kappa shape index (κ1) is 62.3. The minimum absolute atomic E-state index is 1.14. The van der Waals surface area contributed by atoms with Crippen LogP contribution in [0.5, 0.6) is 0 Å². The van der Waals surface area contributed by atoms with Gasteiger partial charge >= 0.3 is 0 Å². The summed E-state index contributed by atoms with van der Waals surface area (Å²) in [6.45, 7) is 0. The van der Waals surface area contributed by atoms with E-state index in [0.29, 0.717) is 0 Å². The van der Waals surface area contributed by atoms with Crippen molar-refractivity contribution in [3.8, 4) is 100 Å². The SMILES string of the molecule is CN(c1ccccc1)c1ccc(-n2c3ccc(-c4ccc(-c5ccccc5)cc4)cc3c3cc(-c4ccc(-c5ccccc5)cc4)ccc32)cc1.CN(c1ccccc1)c1ccc(-n2c3ccc(-c4cccc(-c5ccccc5)c4)cc3c3cc(-c4cccc(-c5ccccc5)c4)ccc32)cc1. The van der Waals surface area contributed by atoms with Crippen LogP contribution >= 0.6 is 0 Å². The van der Waals surface area contributed by atoms with E-state index in [4.69, 9.17) is 0 Å². The Kier molecular flexibility index (Phi) is 16.8. The zero-order valence-electron chi connectivity index (χ0n) is 56.9. The molecule has 0 N–H and O–H groups in total. The first-order chi connectivity index (χ1) is 50.4. The van der Waals surface area contributed by atoms with Crippen molar-refractivity contribution in [1.82, 2.24) is 9.13 Å². The van der Waals surface area contributed by atoms with E-state index < -0.39 is 0 Å². The van der Waals surface area contributed by atoms with Crippen molar-refractivity contribution in [1.29, 1.82) is 0 Å². The number of anilines is 4. The highest BCUT2D eigenvalue weighted by molar-refractivity contribution is 6.13. The Morgan fingerprint density at radius 1 is 0.157 bits per heavy atom. The highest BCUT2D eigenvalue weighted by Crippen LogP contribution is 2.42. The van der Waals surface area contributed by atoms with Crippen molar-refractivity contribution < 1.29 is 0 Å². The Labute approximate surface area is 596 Å². The van der Waals surface area contributed by atoms with Gasteiger partial charge in [-0.25, -0.2) is 0 Å². The van der Waals surface area contributed by atoms with Crippen LogP contribution in [0.1, 0.15) is 0 Å². The summed E-state index contributed by atoms with van der Waals surface area (Å²) in [6, 6.07) is 144. The van der Waals surface area contributed by atoms with Crippen LogP contribution in [0.2, 0.25) is 0 Å². The molecule has 484 valence electrons. The van der Waals surface area contributed by atoms with Crippen molar-refractivity contribution in [2.45, 2.75) is 0 Å². The maximum absolute atomic E-state index is 2.41. The number of benzene rings is 16. The van der Waals surface area contributed by atoms with Crippen LogP contribution in [0.25, 0.3) is 144 Å². The largest absolute Gasteiger partial charge is 0.345 e. The second kappa shape index (κ2) is 27.6. The van der Waals surface area contributed by atoms with Crippen LogP contribution in [0.3, 0.4) is 0 Å². The third-order valence-corrected chi connectivity index (χ3v) is 20.1. The standard InChI is InChI=1S/2C49H36N2/c1-50(43-21-9-4-10-22-43)44-25-27-45(28-26-44)51-48-29-23-41(39-19-11-17-37(31-39)35-13-5-2-6-14-35)33-46(48)47-34-42(24-30-49(47)51)40-20-12-18-38(32-40)36-15-7-3-8-16-36;1-50(43-15-9-4-10-16-43)44-27-29-45(30-28-44)51-48-31-25-41(39-21-17-37(18-22-39)35-11-5-2-6-12-35)33-46(48)47-34-42(26-32-49(47)51)40-23-19-38(20-24-40)36-13-7-3-8-14-36/h2*2-34H,1H3. The van der Waals surface area contributed by atoms with Gasteiger partial charge in [-0.15, -0.1) is 0 Å². The predicted octanol–water partition coefficient (Wildman–Crippen LogP) is 26.4. The van der Waals surface area contributed by atoms with Crippen molar-refractivity contribution in [2.24, 2.45) is 0 Å². The molecule has 0 fully saturated rings. The molecule has 0 bridgehead atoms. The number of aromatic nitrogens is 2. The molecule has 0 spiro atoms. The van der Waals surface area contributed by atoms with E-state index in [-0.39, 0.29) is 0 Å². The zero-order chi connectivity index (χ0) is 68.3. The minimum Gasteiger partial charge on any atom is -0.345 e. The van der Waals surface area contributed by atoms with Crippen LogP contribution in [0.15, 0.2) is 400 Å². The number of rotatable bonds is 14. The summed E-state index contributed by atoms with van der Waals surface area (Å²) in [6.07, 6.45) is 0. The highest BCUT2D eigenvalue weighted by atomic mass is 15.1. The average molecular weight is 1310 g/mol. The normalized spacial score (nSPS) is 11.2. The number of hydrogen-bond acceptors (Lipinski definition) is 2. The third kappa shape index (κ3) is 12.4. The summed E-state index contributed by atoms with van der Waals surface area (Å²) >= 11 is 0. The molecule has 0 saturated heterocycles. The van der Waals surface area contributed by atoms with Gasteiger partial charge < -0.3 is 18.9 Å². The number of fused-ring (bicyclic) bond motifs is 6. The lowest BCUT2D eigenvalue weighted by atomic mass is 9.96. The zero-order valence-corrected chi connectivity index (χ0v) is 56.9. The summed E-state index contributed by atoms with van der Waals surface area (Å²) < 4.78 is 4.81. The van der Waals surface area contributed by atoms with Crippen molar-refractivity contribution in [3.05, 3.63) is 400 Å². The molecular formula is C98H72N4. The fourth-order valence-electron chi connectivity index (χ4n) is 14.6. The van der Waals surface area contributed by atoms with Gasteiger partial charge in [0.2, 0.25) is 0 Å². The molecule has 0 atom stereocenters. The van der Waals surface area contributed by atoms with Crippen LogP contribution in [-0.2, 0) is 0 Å². The molecule has 0 saturated carbocycles. The second-order valence-electron chi connectivity index (χ2n) is 26.2. The lowest BCUT2D eigenvalue weighted by Crippen LogP contribution is -2.09. The molecule has 0 radical (unpaired) electrons. The molecule has 18 rings (SSSR count). The summed E-state index contributed by atoms with van der Waals surface area (Å²) in [7, 11) is 4.24. The average Bonchev–Trinajstić information content (AvgIpc) is 1.59. The Balaban J connectivity index is 0.000000152. The first-order valence-corrected chi connectivity index (χ1v) is 35.0. The number of nitrogens with zero attached hydrogens (tertiary/aromatic N) is 4. The smallest absolute Gasteiger partial charge is 0.0541 e.